The van der Waals surface area contributed by atoms with E-state index in [1.54, 1.807) is 30.5 Å². The van der Waals surface area contributed by atoms with Gasteiger partial charge in [-0.15, -0.1) is 11.3 Å². The minimum absolute atomic E-state index is 0.0915. The van der Waals surface area contributed by atoms with Crippen LogP contribution in [0.1, 0.15) is 11.0 Å². The van der Waals surface area contributed by atoms with Crippen molar-refractivity contribution in [2.24, 2.45) is 0 Å². The van der Waals surface area contributed by atoms with Crippen molar-refractivity contribution in [1.29, 1.82) is 0 Å². The highest BCUT2D eigenvalue weighted by molar-refractivity contribution is 7.89. The molecule has 0 amide bonds. The smallest absolute Gasteiger partial charge is 0.241 e. The molecule has 0 aliphatic heterocycles. The summed E-state index contributed by atoms with van der Waals surface area (Å²) >= 11 is 1.46. The molecule has 0 saturated carbocycles. The Hall–Kier alpha value is -2.32. The van der Waals surface area contributed by atoms with Crippen molar-refractivity contribution in [2.45, 2.75) is 11.0 Å². The lowest BCUT2D eigenvalue weighted by atomic mass is 10.2. The van der Waals surface area contributed by atoms with Crippen molar-refractivity contribution in [2.75, 3.05) is 6.54 Å². The van der Waals surface area contributed by atoms with E-state index in [2.05, 4.69) is 9.71 Å². The zero-order valence-corrected chi connectivity index (χ0v) is 15.3. The number of aromatic nitrogens is 1. The van der Waals surface area contributed by atoms with Gasteiger partial charge >= 0.3 is 0 Å². The van der Waals surface area contributed by atoms with Gasteiger partial charge in [-0.2, -0.15) is 0 Å². The summed E-state index contributed by atoms with van der Waals surface area (Å²) in [6.45, 7) is -0.0915. The fourth-order valence-electron chi connectivity index (χ4n) is 2.84. The van der Waals surface area contributed by atoms with Crippen LogP contribution in [0.2, 0.25) is 0 Å². The number of aliphatic hydroxyl groups excluding tert-OH is 1. The second-order valence-corrected chi connectivity index (χ2v) is 8.73. The van der Waals surface area contributed by atoms with Crippen molar-refractivity contribution in [1.82, 2.24) is 9.71 Å². The van der Waals surface area contributed by atoms with Gasteiger partial charge < -0.3 is 5.11 Å². The Kier molecular flexibility index (Phi) is 4.46. The van der Waals surface area contributed by atoms with Gasteiger partial charge in [-0.25, -0.2) is 13.1 Å². The summed E-state index contributed by atoms with van der Waals surface area (Å²) in [5.74, 6) is 0. The summed E-state index contributed by atoms with van der Waals surface area (Å²) in [5.41, 5.74) is 0.612. The normalized spacial score (nSPS) is 13.3. The number of benzene rings is 2. The highest BCUT2D eigenvalue weighted by Crippen LogP contribution is 2.30. The van der Waals surface area contributed by atoms with Crippen molar-refractivity contribution >= 4 is 42.3 Å². The third-order valence-corrected chi connectivity index (χ3v) is 6.83. The lowest BCUT2D eigenvalue weighted by Gasteiger charge is -2.12. The third-order valence-electron chi connectivity index (χ3n) is 4.13. The minimum atomic E-state index is -3.77. The molecular formula is C19H16N2O3S2. The number of hydrogen-bond acceptors (Lipinski definition) is 5. The Balaban J connectivity index is 1.57. The number of hydrogen-bond donors (Lipinski definition) is 2. The van der Waals surface area contributed by atoms with Gasteiger partial charge in [0.25, 0.3) is 0 Å². The Labute approximate surface area is 155 Å². The van der Waals surface area contributed by atoms with Crippen LogP contribution in [-0.4, -0.2) is 25.1 Å². The first-order valence-electron chi connectivity index (χ1n) is 8.04. The van der Waals surface area contributed by atoms with E-state index in [0.29, 0.717) is 10.9 Å². The maximum absolute atomic E-state index is 12.7. The quantitative estimate of drug-likeness (QED) is 0.552. The van der Waals surface area contributed by atoms with Crippen LogP contribution in [-0.2, 0) is 10.0 Å². The van der Waals surface area contributed by atoms with Gasteiger partial charge in [-0.1, -0.05) is 24.3 Å². The standard InChI is InChI=1S/C19H16N2O3S2/c22-16(18-11-13-5-1-2-8-17(13)25-18)12-21-26(23,24)19-9-3-7-15-14(19)6-4-10-20-15/h1-11,16,21-22H,12H2/t16-/m0/s1. The predicted octanol–water partition coefficient (Wildman–Crippen LogP) is 3.46. The Bertz CT molecular complexity index is 1150. The zero-order chi connectivity index (χ0) is 18.1. The van der Waals surface area contributed by atoms with Gasteiger partial charge in [0.2, 0.25) is 10.0 Å². The molecule has 2 aromatic heterocycles. The molecule has 26 heavy (non-hydrogen) atoms. The number of thiophene rings is 1. The monoisotopic (exact) mass is 384 g/mol. The fourth-order valence-corrected chi connectivity index (χ4v) is 5.15. The number of nitrogens with zero attached hydrogens (tertiary/aromatic N) is 1. The van der Waals surface area contributed by atoms with Gasteiger partial charge in [0.05, 0.1) is 10.4 Å². The Morgan fingerprint density at radius 2 is 1.92 bits per heavy atom. The molecule has 0 unspecified atom stereocenters. The summed E-state index contributed by atoms with van der Waals surface area (Å²) < 4.78 is 29.0. The molecular weight excluding hydrogens is 368 g/mol. The Morgan fingerprint density at radius 3 is 2.77 bits per heavy atom. The maximum Gasteiger partial charge on any atom is 0.241 e. The summed E-state index contributed by atoms with van der Waals surface area (Å²) in [4.78, 5) is 5.07. The van der Waals surface area contributed by atoms with Crippen LogP contribution in [0.4, 0.5) is 0 Å². The van der Waals surface area contributed by atoms with Gasteiger partial charge in [-0.05, 0) is 41.8 Å². The molecule has 0 radical (unpaired) electrons. The molecule has 4 rings (SSSR count). The van der Waals surface area contributed by atoms with Crippen molar-refractivity contribution < 1.29 is 13.5 Å². The van der Waals surface area contributed by atoms with Crippen LogP contribution in [0, 0.1) is 0 Å². The average Bonchev–Trinajstić information content (AvgIpc) is 3.10. The molecule has 0 fully saturated rings. The molecule has 0 aliphatic rings. The minimum Gasteiger partial charge on any atom is -0.386 e. The van der Waals surface area contributed by atoms with E-state index in [1.807, 2.05) is 30.3 Å². The summed E-state index contributed by atoms with van der Waals surface area (Å²) in [6, 6.07) is 18.1. The second kappa shape index (κ2) is 6.77. The third kappa shape index (κ3) is 3.22. The van der Waals surface area contributed by atoms with Crippen LogP contribution in [0.5, 0.6) is 0 Å². The molecule has 0 aliphatic carbocycles. The summed E-state index contributed by atoms with van der Waals surface area (Å²) in [5, 5.41) is 12.0. The van der Waals surface area contributed by atoms with E-state index in [0.717, 1.165) is 15.0 Å². The first-order valence-corrected chi connectivity index (χ1v) is 10.3. The zero-order valence-electron chi connectivity index (χ0n) is 13.7. The van der Waals surface area contributed by atoms with Crippen LogP contribution in [0.25, 0.3) is 21.0 Å². The SMILES string of the molecule is O=S(=O)(NC[C@H](O)c1cc2ccccc2s1)c1cccc2ncccc12. The molecule has 2 heterocycles. The molecule has 2 N–H and O–H groups in total. The number of sulfonamides is 1. The van der Waals surface area contributed by atoms with Crippen molar-refractivity contribution in [3.05, 3.63) is 71.7 Å². The van der Waals surface area contributed by atoms with E-state index in [9.17, 15) is 13.5 Å². The second-order valence-electron chi connectivity index (χ2n) is 5.88. The molecule has 0 bridgehead atoms. The number of nitrogens with one attached hydrogen (secondary N) is 1. The number of aliphatic hydroxyl groups is 1. The van der Waals surface area contributed by atoms with E-state index >= 15 is 0 Å². The molecule has 1 atom stereocenters. The molecule has 5 nitrogen and oxygen atoms in total. The average molecular weight is 384 g/mol. The lowest BCUT2D eigenvalue weighted by molar-refractivity contribution is 0.186. The van der Waals surface area contributed by atoms with E-state index in [-0.39, 0.29) is 11.4 Å². The van der Waals surface area contributed by atoms with Gasteiger partial charge in [-0.3, -0.25) is 4.98 Å². The van der Waals surface area contributed by atoms with E-state index in [4.69, 9.17) is 0 Å². The first kappa shape index (κ1) is 17.1. The maximum atomic E-state index is 12.7. The molecule has 132 valence electrons. The highest BCUT2D eigenvalue weighted by Gasteiger charge is 2.20. The summed E-state index contributed by atoms with van der Waals surface area (Å²) in [7, 11) is -3.77. The molecule has 0 spiro atoms. The van der Waals surface area contributed by atoms with E-state index in [1.165, 1.54) is 17.4 Å². The van der Waals surface area contributed by atoms with Crippen LogP contribution < -0.4 is 4.72 Å². The topological polar surface area (TPSA) is 79.3 Å². The number of rotatable bonds is 5. The van der Waals surface area contributed by atoms with Crippen LogP contribution in [0.15, 0.2) is 71.8 Å². The largest absolute Gasteiger partial charge is 0.386 e. The molecule has 4 aromatic rings. The lowest BCUT2D eigenvalue weighted by Crippen LogP contribution is -2.28. The van der Waals surface area contributed by atoms with Gasteiger partial charge in [0, 0.05) is 27.7 Å². The summed E-state index contributed by atoms with van der Waals surface area (Å²) in [6.07, 6.45) is 0.715. The van der Waals surface area contributed by atoms with Crippen molar-refractivity contribution in [3.8, 4) is 0 Å². The van der Waals surface area contributed by atoms with Crippen LogP contribution >= 0.6 is 11.3 Å². The highest BCUT2D eigenvalue weighted by atomic mass is 32.2. The number of pyridine rings is 1. The predicted molar refractivity (Wildman–Crippen MR) is 104 cm³/mol. The van der Waals surface area contributed by atoms with Crippen LogP contribution in [0.3, 0.4) is 0 Å². The van der Waals surface area contributed by atoms with Gasteiger partial charge in [0.1, 0.15) is 6.10 Å². The first-order chi connectivity index (χ1) is 12.5. The Morgan fingerprint density at radius 1 is 1.08 bits per heavy atom. The molecule has 2 aromatic carbocycles. The molecule has 7 heteroatoms. The fraction of sp³-hybridized carbons (Fsp3) is 0.105. The van der Waals surface area contributed by atoms with Crippen molar-refractivity contribution in [3.63, 3.8) is 0 Å². The van der Waals surface area contributed by atoms with Gasteiger partial charge in [0.15, 0.2) is 0 Å². The number of fused-ring (bicyclic) bond motifs is 2. The molecule has 0 saturated heterocycles. The van der Waals surface area contributed by atoms with E-state index < -0.39 is 16.1 Å².